The molecule has 0 aliphatic carbocycles. The molecule has 0 fully saturated rings. The van der Waals surface area contributed by atoms with Crippen molar-refractivity contribution in [2.75, 3.05) is 13.7 Å². The third kappa shape index (κ3) is 2.84. The van der Waals surface area contributed by atoms with Gasteiger partial charge < -0.3 is 10.5 Å². The number of aryl methyl sites for hydroxylation is 1. The Labute approximate surface area is 106 Å². The summed E-state index contributed by atoms with van der Waals surface area (Å²) in [6.07, 6.45) is 1.52. The summed E-state index contributed by atoms with van der Waals surface area (Å²) < 4.78 is 7.11. The summed E-state index contributed by atoms with van der Waals surface area (Å²) >= 11 is 0. The van der Waals surface area contributed by atoms with Crippen molar-refractivity contribution in [3.63, 3.8) is 0 Å². The highest BCUT2D eigenvalue weighted by atomic mass is 16.5. The summed E-state index contributed by atoms with van der Waals surface area (Å²) in [6, 6.07) is 7.87. The predicted octanol–water partition coefficient (Wildman–Crippen LogP) is 0.621. The van der Waals surface area contributed by atoms with Crippen molar-refractivity contribution in [3.8, 4) is 5.75 Å². The van der Waals surface area contributed by atoms with Gasteiger partial charge in [-0.1, -0.05) is 18.2 Å². The molecule has 0 radical (unpaired) electrons. The minimum absolute atomic E-state index is 0.633. The zero-order valence-electron chi connectivity index (χ0n) is 10.4. The van der Waals surface area contributed by atoms with Crippen LogP contribution in [-0.4, -0.2) is 33.9 Å². The average molecular weight is 247 g/mol. The Kier molecular flexibility index (Phi) is 4.25. The van der Waals surface area contributed by atoms with Crippen molar-refractivity contribution in [3.05, 3.63) is 35.7 Å². The molecule has 2 rings (SSSR count). The number of methoxy groups -OCH3 is 1. The molecule has 2 aromatic rings. The van der Waals surface area contributed by atoms with Gasteiger partial charge >= 0.3 is 0 Å². The second-order valence-corrected chi connectivity index (χ2v) is 3.95. The number of ether oxygens (including phenoxy) is 1. The maximum Gasteiger partial charge on any atom is 0.155 e. The first-order valence-electron chi connectivity index (χ1n) is 5.92. The van der Waals surface area contributed by atoms with Gasteiger partial charge in [-0.05, 0) is 29.5 Å². The van der Waals surface area contributed by atoms with E-state index in [9.17, 15) is 0 Å². The van der Waals surface area contributed by atoms with Crippen LogP contribution in [0.2, 0.25) is 0 Å². The molecule has 18 heavy (non-hydrogen) atoms. The Bertz CT molecular complexity index is 497. The number of benzene rings is 1. The highest BCUT2D eigenvalue weighted by Gasteiger charge is 2.09. The zero-order valence-corrected chi connectivity index (χ0v) is 10.4. The van der Waals surface area contributed by atoms with Gasteiger partial charge in [0.25, 0.3) is 0 Å². The van der Waals surface area contributed by atoms with Crippen molar-refractivity contribution in [1.82, 2.24) is 20.2 Å². The fraction of sp³-hybridized carbons (Fsp3) is 0.417. The van der Waals surface area contributed by atoms with Crippen molar-refractivity contribution in [2.24, 2.45) is 5.73 Å². The number of hydrogen-bond acceptors (Lipinski definition) is 5. The summed E-state index contributed by atoms with van der Waals surface area (Å²) in [7, 11) is 1.66. The molecule has 1 aromatic carbocycles. The molecular weight excluding hydrogens is 230 g/mol. The summed E-state index contributed by atoms with van der Waals surface area (Å²) in [5, 5.41) is 11.7. The predicted molar refractivity (Wildman–Crippen MR) is 67.3 cm³/mol. The molecule has 96 valence electrons. The van der Waals surface area contributed by atoms with Crippen molar-refractivity contribution >= 4 is 0 Å². The number of hydrogen-bond donors (Lipinski definition) is 1. The van der Waals surface area contributed by atoms with Gasteiger partial charge in [0.1, 0.15) is 5.75 Å². The summed E-state index contributed by atoms with van der Waals surface area (Å²) in [5.74, 6) is 1.68. The standard InChI is InChI=1S/C12H17N5O/c1-18-11-6-3-2-5-10(11)9-12-14-15-16-17(12)8-4-7-13/h2-3,5-6H,4,7-9,13H2,1H3. The highest BCUT2D eigenvalue weighted by molar-refractivity contribution is 5.35. The molecule has 2 N–H and O–H groups in total. The topological polar surface area (TPSA) is 78.9 Å². The van der Waals surface area contributed by atoms with Gasteiger partial charge in [-0.15, -0.1) is 5.10 Å². The van der Waals surface area contributed by atoms with Crippen LogP contribution in [-0.2, 0) is 13.0 Å². The van der Waals surface area contributed by atoms with E-state index in [1.54, 1.807) is 11.8 Å². The molecule has 6 nitrogen and oxygen atoms in total. The first-order valence-corrected chi connectivity index (χ1v) is 5.92. The molecule has 1 aromatic heterocycles. The Morgan fingerprint density at radius 3 is 2.94 bits per heavy atom. The van der Waals surface area contributed by atoms with E-state index in [0.717, 1.165) is 30.1 Å². The largest absolute Gasteiger partial charge is 0.496 e. The Balaban J connectivity index is 2.15. The Morgan fingerprint density at radius 2 is 2.17 bits per heavy atom. The number of aromatic nitrogens is 4. The van der Waals surface area contributed by atoms with E-state index in [1.165, 1.54) is 0 Å². The molecule has 0 amide bonds. The molecule has 0 unspecified atom stereocenters. The summed E-state index contributed by atoms with van der Waals surface area (Å²) in [6.45, 7) is 1.38. The fourth-order valence-electron chi connectivity index (χ4n) is 1.78. The highest BCUT2D eigenvalue weighted by Crippen LogP contribution is 2.19. The third-order valence-corrected chi connectivity index (χ3v) is 2.72. The lowest BCUT2D eigenvalue weighted by Gasteiger charge is -2.08. The van der Waals surface area contributed by atoms with Crippen LogP contribution in [0.3, 0.4) is 0 Å². The normalized spacial score (nSPS) is 10.6. The van der Waals surface area contributed by atoms with E-state index in [2.05, 4.69) is 15.5 Å². The van der Waals surface area contributed by atoms with Crippen LogP contribution in [0.4, 0.5) is 0 Å². The van der Waals surface area contributed by atoms with Gasteiger partial charge in [-0.3, -0.25) is 0 Å². The van der Waals surface area contributed by atoms with Crippen LogP contribution in [0.1, 0.15) is 17.8 Å². The number of nitrogens with zero attached hydrogens (tertiary/aromatic N) is 4. The van der Waals surface area contributed by atoms with Crippen LogP contribution in [0.25, 0.3) is 0 Å². The van der Waals surface area contributed by atoms with E-state index in [4.69, 9.17) is 10.5 Å². The molecule has 0 saturated heterocycles. The van der Waals surface area contributed by atoms with Crippen LogP contribution in [0, 0.1) is 0 Å². The quantitative estimate of drug-likeness (QED) is 0.809. The van der Waals surface area contributed by atoms with E-state index >= 15 is 0 Å². The first-order chi connectivity index (χ1) is 8.85. The van der Waals surface area contributed by atoms with Crippen molar-refractivity contribution < 1.29 is 4.74 Å². The Hall–Kier alpha value is -1.95. The molecule has 0 aliphatic heterocycles. The molecular formula is C12H17N5O. The number of rotatable bonds is 6. The lowest BCUT2D eigenvalue weighted by atomic mass is 10.1. The van der Waals surface area contributed by atoms with Gasteiger partial charge in [0, 0.05) is 18.5 Å². The van der Waals surface area contributed by atoms with E-state index in [1.807, 2.05) is 24.3 Å². The van der Waals surface area contributed by atoms with Crippen LogP contribution in [0.5, 0.6) is 5.75 Å². The Morgan fingerprint density at radius 1 is 1.33 bits per heavy atom. The lowest BCUT2D eigenvalue weighted by molar-refractivity contribution is 0.410. The fourth-order valence-corrected chi connectivity index (χ4v) is 1.78. The average Bonchev–Trinajstić information content (AvgIpc) is 2.84. The summed E-state index contributed by atoms with van der Waals surface area (Å²) in [4.78, 5) is 0. The number of para-hydroxylation sites is 1. The van der Waals surface area contributed by atoms with Gasteiger partial charge in [-0.2, -0.15) is 0 Å². The molecule has 0 spiro atoms. The minimum atomic E-state index is 0.633. The molecule has 0 aliphatic rings. The molecule has 6 heteroatoms. The van der Waals surface area contributed by atoms with Gasteiger partial charge in [0.05, 0.1) is 7.11 Å². The maximum atomic E-state index is 5.49. The van der Waals surface area contributed by atoms with Crippen LogP contribution < -0.4 is 10.5 Å². The number of tetrazole rings is 1. The number of nitrogens with two attached hydrogens (primary N) is 1. The van der Waals surface area contributed by atoms with Gasteiger partial charge in [0.2, 0.25) is 0 Å². The van der Waals surface area contributed by atoms with E-state index in [-0.39, 0.29) is 0 Å². The zero-order chi connectivity index (χ0) is 12.8. The van der Waals surface area contributed by atoms with Crippen LogP contribution >= 0.6 is 0 Å². The van der Waals surface area contributed by atoms with Gasteiger partial charge in [-0.25, -0.2) is 4.68 Å². The minimum Gasteiger partial charge on any atom is -0.496 e. The van der Waals surface area contributed by atoms with Gasteiger partial charge in [0.15, 0.2) is 5.82 Å². The van der Waals surface area contributed by atoms with Crippen molar-refractivity contribution in [1.29, 1.82) is 0 Å². The molecule has 1 heterocycles. The second-order valence-electron chi connectivity index (χ2n) is 3.95. The van der Waals surface area contributed by atoms with Crippen LogP contribution in [0.15, 0.2) is 24.3 Å². The molecule has 0 saturated carbocycles. The molecule has 0 bridgehead atoms. The second kappa shape index (κ2) is 6.11. The first kappa shape index (κ1) is 12.5. The molecule has 0 atom stereocenters. The smallest absolute Gasteiger partial charge is 0.155 e. The van der Waals surface area contributed by atoms with E-state index in [0.29, 0.717) is 13.0 Å². The van der Waals surface area contributed by atoms with Crippen molar-refractivity contribution in [2.45, 2.75) is 19.4 Å². The maximum absolute atomic E-state index is 5.49. The third-order valence-electron chi connectivity index (χ3n) is 2.72. The SMILES string of the molecule is COc1ccccc1Cc1nnnn1CCCN. The lowest BCUT2D eigenvalue weighted by Crippen LogP contribution is -2.11. The summed E-state index contributed by atoms with van der Waals surface area (Å²) in [5.41, 5.74) is 6.56. The van der Waals surface area contributed by atoms with E-state index < -0.39 is 0 Å². The monoisotopic (exact) mass is 247 g/mol.